The third-order valence-corrected chi connectivity index (χ3v) is 4.61. The normalized spacial score (nSPS) is 15.4. The average molecular weight is 314 g/mol. The van der Waals surface area contributed by atoms with Gasteiger partial charge in [-0.3, -0.25) is 4.79 Å². The van der Waals surface area contributed by atoms with E-state index < -0.39 is 0 Å². The predicted molar refractivity (Wildman–Crippen MR) is 90.3 cm³/mol. The van der Waals surface area contributed by atoms with Crippen molar-refractivity contribution in [2.45, 2.75) is 31.6 Å². The van der Waals surface area contributed by atoms with E-state index in [2.05, 4.69) is 36.5 Å². The van der Waals surface area contributed by atoms with Gasteiger partial charge in [-0.25, -0.2) is 0 Å². The van der Waals surface area contributed by atoms with Gasteiger partial charge in [0.1, 0.15) is 0 Å². The largest absolute Gasteiger partial charge is 0.355 e. The zero-order valence-corrected chi connectivity index (χ0v) is 13.5. The molecule has 1 aliphatic carbocycles. The molecule has 2 nitrogen and oxygen atoms in total. The maximum Gasteiger partial charge on any atom is 0.230 e. The van der Waals surface area contributed by atoms with Crippen LogP contribution in [0.2, 0.25) is 5.02 Å². The van der Waals surface area contributed by atoms with Gasteiger partial charge in [-0.1, -0.05) is 53.6 Å². The fourth-order valence-electron chi connectivity index (χ4n) is 2.83. The van der Waals surface area contributed by atoms with Crippen molar-refractivity contribution in [2.24, 2.45) is 0 Å². The van der Waals surface area contributed by atoms with E-state index in [1.807, 2.05) is 24.3 Å². The molecule has 1 saturated carbocycles. The van der Waals surface area contributed by atoms with Crippen LogP contribution in [0.25, 0.3) is 0 Å². The lowest BCUT2D eigenvalue weighted by atomic mass is 9.94. The van der Waals surface area contributed by atoms with Gasteiger partial charge in [-0.05, 0) is 49.4 Å². The Bertz CT molecular complexity index is 674. The van der Waals surface area contributed by atoms with E-state index in [4.69, 9.17) is 11.6 Å². The summed E-state index contributed by atoms with van der Waals surface area (Å²) in [5.41, 5.74) is 3.22. The van der Waals surface area contributed by atoms with Gasteiger partial charge in [-0.15, -0.1) is 0 Å². The lowest BCUT2D eigenvalue weighted by molar-refractivity contribution is -0.123. The Morgan fingerprint density at radius 2 is 1.91 bits per heavy atom. The molecule has 0 spiro atoms. The Morgan fingerprint density at radius 3 is 2.55 bits per heavy atom. The van der Waals surface area contributed by atoms with E-state index in [1.54, 1.807) is 0 Å². The van der Waals surface area contributed by atoms with Crippen LogP contribution in [0, 0.1) is 6.92 Å². The highest BCUT2D eigenvalue weighted by atomic mass is 35.5. The van der Waals surface area contributed by atoms with Gasteiger partial charge in [0, 0.05) is 11.6 Å². The second kappa shape index (κ2) is 6.13. The summed E-state index contributed by atoms with van der Waals surface area (Å²) in [6.45, 7) is 2.71. The standard InChI is InChI=1S/C19H20ClNO/c1-14-5-7-16(8-6-14)19(10-11-19)18(22)21-12-9-15-3-2-4-17(20)13-15/h2-8,13H,9-12H2,1H3,(H,21,22). The third-order valence-electron chi connectivity index (χ3n) is 4.38. The van der Waals surface area contributed by atoms with Gasteiger partial charge < -0.3 is 5.32 Å². The molecule has 0 heterocycles. The molecule has 22 heavy (non-hydrogen) atoms. The summed E-state index contributed by atoms with van der Waals surface area (Å²) in [5.74, 6) is 0.151. The molecular weight excluding hydrogens is 294 g/mol. The average Bonchev–Trinajstić information content (AvgIpc) is 3.30. The first-order valence-electron chi connectivity index (χ1n) is 7.70. The lowest BCUT2D eigenvalue weighted by Crippen LogP contribution is -2.35. The van der Waals surface area contributed by atoms with Crippen LogP contribution in [-0.4, -0.2) is 12.5 Å². The second-order valence-electron chi connectivity index (χ2n) is 6.08. The zero-order valence-electron chi connectivity index (χ0n) is 12.7. The summed E-state index contributed by atoms with van der Waals surface area (Å²) in [5, 5.41) is 3.82. The number of nitrogens with one attached hydrogen (secondary N) is 1. The van der Waals surface area contributed by atoms with Gasteiger partial charge in [0.2, 0.25) is 5.91 Å². The summed E-state index contributed by atoms with van der Waals surface area (Å²) < 4.78 is 0. The van der Waals surface area contributed by atoms with Crippen LogP contribution in [0.5, 0.6) is 0 Å². The zero-order chi connectivity index (χ0) is 15.6. The van der Waals surface area contributed by atoms with E-state index in [1.165, 1.54) is 5.56 Å². The summed E-state index contributed by atoms with van der Waals surface area (Å²) in [7, 11) is 0. The minimum Gasteiger partial charge on any atom is -0.355 e. The fourth-order valence-corrected chi connectivity index (χ4v) is 3.04. The highest BCUT2D eigenvalue weighted by molar-refractivity contribution is 6.30. The maximum absolute atomic E-state index is 12.5. The fraction of sp³-hybridized carbons (Fsp3) is 0.316. The molecule has 0 unspecified atom stereocenters. The number of rotatable bonds is 5. The molecule has 0 saturated heterocycles. The second-order valence-corrected chi connectivity index (χ2v) is 6.52. The van der Waals surface area contributed by atoms with Crippen molar-refractivity contribution >= 4 is 17.5 Å². The number of hydrogen-bond acceptors (Lipinski definition) is 1. The molecule has 2 aromatic carbocycles. The van der Waals surface area contributed by atoms with Crippen LogP contribution in [0.15, 0.2) is 48.5 Å². The number of aryl methyl sites for hydroxylation is 1. The summed E-state index contributed by atoms with van der Waals surface area (Å²) in [6.07, 6.45) is 2.69. The molecule has 1 fully saturated rings. The van der Waals surface area contributed by atoms with Crippen molar-refractivity contribution in [3.8, 4) is 0 Å². The first kappa shape index (κ1) is 15.1. The molecule has 0 aliphatic heterocycles. The molecular formula is C19H20ClNO. The molecule has 0 aromatic heterocycles. The van der Waals surface area contributed by atoms with Gasteiger partial charge in [0.25, 0.3) is 0 Å². The van der Waals surface area contributed by atoms with Gasteiger partial charge in [0.05, 0.1) is 5.41 Å². The molecule has 1 N–H and O–H groups in total. The van der Waals surface area contributed by atoms with Crippen molar-refractivity contribution in [1.82, 2.24) is 5.32 Å². The Hall–Kier alpha value is -1.80. The highest BCUT2D eigenvalue weighted by Gasteiger charge is 2.50. The topological polar surface area (TPSA) is 29.1 Å². The number of benzene rings is 2. The SMILES string of the molecule is Cc1ccc(C2(C(=O)NCCc3cccc(Cl)c3)CC2)cc1. The Balaban J connectivity index is 1.59. The van der Waals surface area contributed by atoms with Crippen LogP contribution in [0.1, 0.15) is 29.5 Å². The number of carbonyl (C=O) groups excluding carboxylic acids is 1. The minimum absolute atomic E-state index is 0.151. The Morgan fingerprint density at radius 1 is 1.18 bits per heavy atom. The molecule has 3 heteroatoms. The van der Waals surface area contributed by atoms with Crippen molar-refractivity contribution in [2.75, 3.05) is 6.54 Å². The summed E-state index contributed by atoms with van der Waals surface area (Å²) in [4.78, 5) is 12.5. The molecule has 0 radical (unpaired) electrons. The number of hydrogen-bond donors (Lipinski definition) is 1. The van der Waals surface area contributed by atoms with E-state index >= 15 is 0 Å². The number of amides is 1. The molecule has 1 amide bonds. The van der Waals surface area contributed by atoms with Crippen molar-refractivity contribution in [1.29, 1.82) is 0 Å². The van der Waals surface area contributed by atoms with Gasteiger partial charge >= 0.3 is 0 Å². The van der Waals surface area contributed by atoms with E-state index in [-0.39, 0.29) is 11.3 Å². The predicted octanol–water partition coefficient (Wildman–Crippen LogP) is 4.04. The van der Waals surface area contributed by atoms with E-state index in [0.29, 0.717) is 6.54 Å². The molecule has 0 atom stereocenters. The highest BCUT2D eigenvalue weighted by Crippen LogP contribution is 2.48. The smallest absolute Gasteiger partial charge is 0.230 e. The maximum atomic E-state index is 12.5. The number of halogens is 1. The van der Waals surface area contributed by atoms with Crippen LogP contribution >= 0.6 is 11.6 Å². The van der Waals surface area contributed by atoms with Crippen molar-refractivity contribution in [3.63, 3.8) is 0 Å². The van der Waals surface area contributed by atoms with Gasteiger partial charge in [-0.2, -0.15) is 0 Å². The van der Waals surface area contributed by atoms with Crippen LogP contribution in [0.3, 0.4) is 0 Å². The monoisotopic (exact) mass is 313 g/mol. The Kier molecular flexibility index (Phi) is 4.21. The molecule has 3 rings (SSSR count). The third kappa shape index (κ3) is 3.17. The molecule has 2 aromatic rings. The molecule has 114 valence electrons. The van der Waals surface area contributed by atoms with Crippen LogP contribution < -0.4 is 5.32 Å². The van der Waals surface area contributed by atoms with Crippen molar-refractivity contribution < 1.29 is 4.79 Å². The van der Waals surface area contributed by atoms with Crippen LogP contribution in [-0.2, 0) is 16.6 Å². The summed E-state index contributed by atoms with van der Waals surface area (Å²) >= 11 is 5.97. The summed E-state index contributed by atoms with van der Waals surface area (Å²) in [6, 6.07) is 16.1. The first-order valence-corrected chi connectivity index (χ1v) is 8.08. The quantitative estimate of drug-likeness (QED) is 0.887. The molecule has 0 bridgehead atoms. The van der Waals surface area contributed by atoms with Crippen molar-refractivity contribution in [3.05, 3.63) is 70.2 Å². The number of carbonyl (C=O) groups is 1. The molecule has 1 aliphatic rings. The van der Waals surface area contributed by atoms with E-state index in [9.17, 15) is 4.79 Å². The Labute approximate surface area is 136 Å². The lowest BCUT2D eigenvalue weighted by Gasteiger charge is -2.16. The van der Waals surface area contributed by atoms with E-state index in [0.717, 1.165) is 35.4 Å². The minimum atomic E-state index is -0.290. The first-order chi connectivity index (χ1) is 10.6. The van der Waals surface area contributed by atoms with Crippen LogP contribution in [0.4, 0.5) is 0 Å². The van der Waals surface area contributed by atoms with Gasteiger partial charge in [0.15, 0.2) is 0 Å².